The summed E-state index contributed by atoms with van der Waals surface area (Å²) in [7, 11) is -2.02. The molecule has 0 aliphatic heterocycles. The molecule has 0 aliphatic rings. The molecule has 0 bridgehead atoms. The van der Waals surface area contributed by atoms with E-state index in [0.717, 1.165) is 25.1 Å². The summed E-state index contributed by atoms with van der Waals surface area (Å²) in [4.78, 5) is 12.3. The highest BCUT2D eigenvalue weighted by molar-refractivity contribution is 7.92. The van der Waals surface area contributed by atoms with Crippen molar-refractivity contribution >= 4 is 45.0 Å². The van der Waals surface area contributed by atoms with Crippen molar-refractivity contribution in [3.05, 3.63) is 40.7 Å². The summed E-state index contributed by atoms with van der Waals surface area (Å²) in [6.45, 7) is 6.20. The second-order valence-corrected chi connectivity index (χ2v) is 8.98. The summed E-state index contributed by atoms with van der Waals surface area (Å²) >= 11 is 6.38. The van der Waals surface area contributed by atoms with Crippen LogP contribution in [0.4, 0.5) is 11.4 Å². The van der Waals surface area contributed by atoms with Gasteiger partial charge in [0.25, 0.3) is 0 Å². The lowest BCUT2D eigenvalue weighted by molar-refractivity contribution is -0.111. The van der Waals surface area contributed by atoms with Gasteiger partial charge in [-0.15, -0.1) is 0 Å². The van der Waals surface area contributed by atoms with Crippen molar-refractivity contribution in [3.63, 3.8) is 0 Å². The quantitative estimate of drug-likeness (QED) is 0.527. The van der Waals surface area contributed by atoms with Gasteiger partial charge in [0.05, 0.1) is 24.2 Å². The molecule has 1 heterocycles. The minimum absolute atomic E-state index is 0.0591. The summed E-state index contributed by atoms with van der Waals surface area (Å²) in [6, 6.07) is 4.66. The van der Waals surface area contributed by atoms with Gasteiger partial charge in [-0.3, -0.25) is 14.2 Å². The maximum Gasteiger partial charge on any atom is 0.248 e. The van der Waals surface area contributed by atoms with Gasteiger partial charge >= 0.3 is 0 Å². The van der Waals surface area contributed by atoms with Crippen LogP contribution in [0.15, 0.2) is 24.3 Å². The van der Waals surface area contributed by atoms with Crippen molar-refractivity contribution < 1.29 is 17.9 Å². The number of carbonyl (C=O) groups excluding carboxylic acids is 1. The molecule has 1 aromatic carbocycles. The highest BCUT2D eigenvalue weighted by Gasteiger charge is 2.13. The molecule has 2 aromatic rings. The lowest BCUT2D eigenvalue weighted by Crippen LogP contribution is -2.15. The van der Waals surface area contributed by atoms with E-state index in [4.69, 9.17) is 16.3 Å². The van der Waals surface area contributed by atoms with Gasteiger partial charge in [-0.1, -0.05) is 24.9 Å². The summed E-state index contributed by atoms with van der Waals surface area (Å²) in [6.07, 6.45) is 5.01. The van der Waals surface area contributed by atoms with Crippen LogP contribution in [0, 0.1) is 6.92 Å². The smallest absolute Gasteiger partial charge is 0.248 e. The number of nitrogens with one attached hydrogen (secondary N) is 2. The van der Waals surface area contributed by atoms with Crippen molar-refractivity contribution in [3.8, 4) is 5.75 Å². The Morgan fingerprint density at radius 3 is 2.70 bits per heavy atom. The van der Waals surface area contributed by atoms with Crippen molar-refractivity contribution in [2.75, 3.05) is 22.9 Å². The number of methoxy groups -OCH3 is 1. The first-order chi connectivity index (χ1) is 14.2. The molecule has 0 atom stereocenters. The van der Waals surface area contributed by atoms with Crippen LogP contribution in [0.3, 0.4) is 0 Å². The Morgan fingerprint density at radius 2 is 2.07 bits per heavy atom. The summed E-state index contributed by atoms with van der Waals surface area (Å²) in [5, 5.41) is 7.62. The molecule has 2 rings (SSSR count). The van der Waals surface area contributed by atoms with Gasteiger partial charge in [0.2, 0.25) is 15.9 Å². The van der Waals surface area contributed by atoms with Crippen LogP contribution >= 0.6 is 11.6 Å². The third kappa shape index (κ3) is 6.24. The summed E-state index contributed by atoms with van der Waals surface area (Å²) < 4.78 is 32.9. The lowest BCUT2D eigenvalue weighted by Gasteiger charge is -2.12. The van der Waals surface area contributed by atoms with E-state index in [0.29, 0.717) is 27.8 Å². The van der Waals surface area contributed by atoms with Gasteiger partial charge in [-0.2, -0.15) is 5.10 Å². The molecule has 0 unspecified atom stereocenters. The van der Waals surface area contributed by atoms with E-state index in [9.17, 15) is 13.2 Å². The van der Waals surface area contributed by atoms with Gasteiger partial charge in [0.1, 0.15) is 10.9 Å². The van der Waals surface area contributed by atoms with Crippen LogP contribution in [0.5, 0.6) is 5.75 Å². The van der Waals surface area contributed by atoms with Crippen molar-refractivity contribution in [2.45, 2.75) is 40.2 Å². The zero-order valence-corrected chi connectivity index (χ0v) is 19.1. The molecule has 0 saturated heterocycles. The summed E-state index contributed by atoms with van der Waals surface area (Å²) in [5.41, 5.74) is 2.21. The highest BCUT2D eigenvalue weighted by Crippen LogP contribution is 2.29. The number of sulfonamides is 1. The fraction of sp³-hybridized carbons (Fsp3) is 0.400. The molecule has 8 nitrogen and oxygen atoms in total. The number of carbonyl (C=O) groups is 1. The molecule has 0 spiro atoms. The fourth-order valence-corrected chi connectivity index (χ4v) is 3.62. The van der Waals surface area contributed by atoms with Crippen LogP contribution in [-0.2, 0) is 21.4 Å². The number of ether oxygens (including phenoxy) is 1. The average molecular weight is 455 g/mol. The minimum Gasteiger partial charge on any atom is -0.494 e. The van der Waals surface area contributed by atoms with Gasteiger partial charge in [-0.25, -0.2) is 8.42 Å². The van der Waals surface area contributed by atoms with Crippen LogP contribution < -0.4 is 14.8 Å². The van der Waals surface area contributed by atoms with Crippen LogP contribution in [0.1, 0.15) is 37.9 Å². The number of rotatable bonds is 10. The maximum absolute atomic E-state index is 12.3. The van der Waals surface area contributed by atoms with Gasteiger partial charge in [-0.05, 0) is 38.5 Å². The predicted octanol–water partition coefficient (Wildman–Crippen LogP) is 4.07. The van der Waals surface area contributed by atoms with E-state index in [1.54, 1.807) is 22.9 Å². The molecular formula is C20H27ClN4O4S. The predicted molar refractivity (Wildman–Crippen MR) is 121 cm³/mol. The number of benzene rings is 1. The lowest BCUT2D eigenvalue weighted by atomic mass is 10.2. The molecule has 0 saturated carbocycles. The third-order valence-electron chi connectivity index (χ3n) is 4.35. The van der Waals surface area contributed by atoms with E-state index in [-0.39, 0.29) is 11.7 Å². The number of nitrogens with zero attached hydrogens (tertiary/aromatic N) is 2. The minimum atomic E-state index is -3.44. The van der Waals surface area contributed by atoms with Gasteiger partial charge in [0.15, 0.2) is 0 Å². The van der Waals surface area contributed by atoms with Gasteiger partial charge in [0, 0.05) is 29.9 Å². The van der Waals surface area contributed by atoms with E-state index in [1.165, 1.54) is 26.2 Å². The van der Waals surface area contributed by atoms with E-state index in [2.05, 4.69) is 22.1 Å². The van der Waals surface area contributed by atoms with Crippen molar-refractivity contribution in [1.29, 1.82) is 0 Å². The van der Waals surface area contributed by atoms with E-state index in [1.807, 2.05) is 6.92 Å². The zero-order valence-electron chi connectivity index (χ0n) is 17.5. The van der Waals surface area contributed by atoms with E-state index < -0.39 is 10.0 Å². The SMILES string of the molecule is CCCCn1nc(C)c(/C=C/C(=O)Nc2ccc(NS(=O)(=O)CC)c(OC)c2)c1Cl. The topological polar surface area (TPSA) is 102 Å². The molecule has 1 aromatic heterocycles. The molecule has 30 heavy (non-hydrogen) atoms. The molecule has 0 fully saturated rings. The molecule has 1 amide bonds. The van der Waals surface area contributed by atoms with Crippen LogP contribution in [-0.4, -0.2) is 37.0 Å². The fourth-order valence-electron chi connectivity index (χ4n) is 2.65. The molecule has 0 aliphatic carbocycles. The third-order valence-corrected chi connectivity index (χ3v) is 6.04. The summed E-state index contributed by atoms with van der Waals surface area (Å²) in [5.74, 6) is -0.128. The number of unbranched alkanes of at least 4 members (excludes halogenated alkanes) is 1. The monoisotopic (exact) mass is 454 g/mol. The number of hydrogen-bond donors (Lipinski definition) is 2. The number of aromatic nitrogens is 2. The number of halogens is 1. The second-order valence-electron chi connectivity index (χ2n) is 6.61. The first-order valence-electron chi connectivity index (χ1n) is 9.61. The zero-order chi connectivity index (χ0) is 22.3. The number of anilines is 2. The van der Waals surface area contributed by atoms with Crippen molar-refractivity contribution in [2.24, 2.45) is 0 Å². The Kier molecular flexibility index (Phi) is 8.31. The second kappa shape index (κ2) is 10.5. The standard InChI is InChI=1S/C20H27ClN4O4S/c1-5-7-12-25-20(21)16(14(3)23-25)9-11-19(26)22-15-8-10-17(18(13-15)29-4)24-30(27,28)6-2/h8-11,13,24H,5-7,12H2,1-4H3,(H,22,26)/b11-9+. The molecule has 164 valence electrons. The average Bonchev–Trinajstić information content (AvgIpc) is 2.98. The first-order valence-corrected chi connectivity index (χ1v) is 11.6. The van der Waals surface area contributed by atoms with Gasteiger partial charge < -0.3 is 10.1 Å². The number of aryl methyl sites for hydroxylation is 2. The normalized spacial score (nSPS) is 11.6. The Morgan fingerprint density at radius 1 is 1.33 bits per heavy atom. The molecule has 2 N–H and O–H groups in total. The highest BCUT2D eigenvalue weighted by atomic mass is 35.5. The van der Waals surface area contributed by atoms with E-state index >= 15 is 0 Å². The molecule has 0 radical (unpaired) electrons. The number of amides is 1. The maximum atomic E-state index is 12.3. The largest absolute Gasteiger partial charge is 0.494 e. The molecule has 10 heteroatoms. The Hall–Kier alpha value is -2.52. The number of hydrogen-bond acceptors (Lipinski definition) is 5. The Bertz CT molecular complexity index is 1030. The molecular weight excluding hydrogens is 428 g/mol. The van der Waals surface area contributed by atoms with Crippen LogP contribution in [0.2, 0.25) is 5.15 Å². The van der Waals surface area contributed by atoms with Crippen molar-refractivity contribution in [1.82, 2.24) is 9.78 Å². The van der Waals surface area contributed by atoms with Crippen LogP contribution in [0.25, 0.3) is 6.08 Å². The first kappa shape index (κ1) is 23.8. The Labute approximate surface area is 182 Å². The Balaban J connectivity index is 2.12.